The zero-order valence-electron chi connectivity index (χ0n) is 25.1. The summed E-state index contributed by atoms with van der Waals surface area (Å²) in [6.07, 6.45) is -0.0526. The van der Waals surface area contributed by atoms with Crippen LogP contribution in [-0.4, -0.2) is 66.2 Å². The SMILES string of the molecule is COc1cc2sc(C(=O)CC(C)C(=O)O)c(F)c2cc1OCCCOc1c(OC)cc2c(c1Cl)CN(C(=O)CC(C)C(=O)O)C2. The van der Waals surface area contributed by atoms with Gasteiger partial charge in [0.25, 0.3) is 0 Å². The third-order valence-corrected chi connectivity index (χ3v) is 9.01. The summed E-state index contributed by atoms with van der Waals surface area (Å²) in [4.78, 5) is 48.9. The number of carboxylic acids is 2. The number of carboxylic acid groups (broad SMARTS) is 2. The summed E-state index contributed by atoms with van der Waals surface area (Å²) in [6.45, 7) is 3.70. The van der Waals surface area contributed by atoms with Crippen LogP contribution in [0.2, 0.25) is 5.02 Å². The average molecular weight is 666 g/mol. The van der Waals surface area contributed by atoms with Crippen molar-refractivity contribution in [2.75, 3.05) is 27.4 Å². The second-order valence-corrected chi connectivity index (χ2v) is 12.1. The monoisotopic (exact) mass is 665 g/mol. The van der Waals surface area contributed by atoms with Gasteiger partial charge in [0, 0.05) is 48.5 Å². The van der Waals surface area contributed by atoms with Gasteiger partial charge in [0.1, 0.15) is 4.88 Å². The molecule has 2 N–H and O–H groups in total. The number of methoxy groups -OCH3 is 2. The lowest BCUT2D eigenvalue weighted by Gasteiger charge is -2.17. The van der Waals surface area contributed by atoms with Crippen molar-refractivity contribution in [3.05, 3.63) is 45.0 Å². The van der Waals surface area contributed by atoms with E-state index in [-0.39, 0.29) is 61.1 Å². The minimum absolute atomic E-state index is 0.121. The van der Waals surface area contributed by atoms with Gasteiger partial charge in [-0.3, -0.25) is 19.2 Å². The molecule has 0 radical (unpaired) electrons. The lowest BCUT2D eigenvalue weighted by molar-refractivity contribution is -0.145. The second-order valence-electron chi connectivity index (χ2n) is 10.7. The van der Waals surface area contributed by atoms with Crippen LogP contribution in [0.3, 0.4) is 0 Å². The first-order valence-electron chi connectivity index (χ1n) is 14.1. The maximum absolute atomic E-state index is 15.2. The van der Waals surface area contributed by atoms with Gasteiger partial charge in [-0.25, -0.2) is 4.39 Å². The number of Topliss-reactive ketones (excluding diaryl/α,β-unsaturated/α-hetero) is 1. The van der Waals surface area contributed by atoms with Crippen molar-refractivity contribution in [3.8, 4) is 23.0 Å². The van der Waals surface area contributed by atoms with E-state index in [9.17, 15) is 19.2 Å². The number of ketones is 1. The maximum Gasteiger partial charge on any atom is 0.306 e. The zero-order chi connectivity index (χ0) is 33.0. The average Bonchev–Trinajstić information content (AvgIpc) is 3.58. The van der Waals surface area contributed by atoms with Gasteiger partial charge in [-0.1, -0.05) is 25.4 Å². The molecule has 0 saturated heterocycles. The number of hydrogen-bond acceptors (Lipinski definition) is 9. The van der Waals surface area contributed by atoms with Crippen LogP contribution < -0.4 is 18.9 Å². The Morgan fingerprint density at radius 1 is 0.933 bits per heavy atom. The first-order valence-corrected chi connectivity index (χ1v) is 15.3. The smallest absolute Gasteiger partial charge is 0.306 e. The van der Waals surface area contributed by atoms with Crippen LogP contribution in [0.5, 0.6) is 23.0 Å². The molecule has 0 fully saturated rings. The number of nitrogens with zero attached hydrogens (tertiary/aromatic N) is 1. The molecule has 1 amide bonds. The lowest BCUT2D eigenvalue weighted by Crippen LogP contribution is -2.28. The fraction of sp³-hybridized carbons (Fsp3) is 0.419. The molecule has 242 valence electrons. The minimum Gasteiger partial charge on any atom is -0.493 e. The number of carbonyl (C=O) groups excluding carboxylic acids is 2. The topological polar surface area (TPSA) is 149 Å². The molecule has 2 heterocycles. The number of hydrogen-bond donors (Lipinski definition) is 2. The highest BCUT2D eigenvalue weighted by atomic mass is 35.5. The van der Waals surface area contributed by atoms with E-state index in [0.29, 0.717) is 39.0 Å². The number of halogens is 2. The summed E-state index contributed by atoms with van der Waals surface area (Å²) >= 11 is 7.61. The number of fused-ring (bicyclic) bond motifs is 2. The highest BCUT2D eigenvalue weighted by molar-refractivity contribution is 7.20. The van der Waals surface area contributed by atoms with Gasteiger partial charge < -0.3 is 34.1 Å². The van der Waals surface area contributed by atoms with Crippen molar-refractivity contribution in [2.45, 2.75) is 46.2 Å². The molecular formula is C31H33ClFNO10S. The van der Waals surface area contributed by atoms with Crippen LogP contribution in [0.15, 0.2) is 18.2 Å². The number of benzene rings is 2. The zero-order valence-corrected chi connectivity index (χ0v) is 26.7. The molecule has 0 saturated carbocycles. The van der Waals surface area contributed by atoms with Gasteiger partial charge in [0.05, 0.1) is 44.3 Å². The van der Waals surface area contributed by atoms with Crippen LogP contribution in [0.1, 0.15) is 53.9 Å². The maximum atomic E-state index is 15.2. The fourth-order valence-electron chi connectivity index (χ4n) is 4.80. The van der Waals surface area contributed by atoms with E-state index >= 15 is 4.39 Å². The van der Waals surface area contributed by atoms with E-state index in [1.165, 1.54) is 34.1 Å². The summed E-state index contributed by atoms with van der Waals surface area (Å²) < 4.78 is 38.4. The van der Waals surface area contributed by atoms with Gasteiger partial charge in [0.15, 0.2) is 34.6 Å². The number of ether oxygens (including phenoxy) is 4. The fourth-order valence-corrected chi connectivity index (χ4v) is 6.17. The van der Waals surface area contributed by atoms with Gasteiger partial charge in [-0.05, 0) is 23.3 Å². The van der Waals surface area contributed by atoms with Gasteiger partial charge >= 0.3 is 11.9 Å². The normalized spacial score (nSPS) is 13.7. The van der Waals surface area contributed by atoms with Crippen molar-refractivity contribution in [1.29, 1.82) is 0 Å². The quantitative estimate of drug-likeness (QED) is 0.151. The van der Waals surface area contributed by atoms with E-state index < -0.39 is 35.4 Å². The lowest BCUT2D eigenvalue weighted by atomic mass is 10.0. The van der Waals surface area contributed by atoms with Gasteiger partial charge in [0.2, 0.25) is 5.91 Å². The van der Waals surface area contributed by atoms with Crippen molar-refractivity contribution >= 4 is 56.7 Å². The number of amides is 1. The van der Waals surface area contributed by atoms with E-state index in [1.807, 2.05) is 0 Å². The Morgan fingerprint density at radius 2 is 1.58 bits per heavy atom. The Labute approximate surface area is 267 Å². The number of carbonyl (C=O) groups is 4. The summed E-state index contributed by atoms with van der Waals surface area (Å²) in [5.74, 6) is -4.25. The molecule has 0 aliphatic carbocycles. The Bertz CT molecular complexity index is 1640. The van der Waals surface area contributed by atoms with Crippen molar-refractivity contribution in [1.82, 2.24) is 4.90 Å². The predicted octanol–water partition coefficient (Wildman–Crippen LogP) is 5.81. The molecule has 2 unspecified atom stereocenters. The van der Waals surface area contributed by atoms with Crippen LogP contribution in [0.25, 0.3) is 10.1 Å². The third kappa shape index (κ3) is 7.42. The van der Waals surface area contributed by atoms with Crippen LogP contribution in [0, 0.1) is 17.7 Å². The summed E-state index contributed by atoms with van der Waals surface area (Å²) in [7, 11) is 2.91. The molecule has 1 aliphatic heterocycles. The standard InChI is InChI=1S/C31H33ClFNO10S/c1-15(30(37)38)8-20(35)29-27(33)18-11-22(21(41-3)12-24(18)45-29)43-6-5-7-44-28-23(42-4)10-17-13-34(14-19(17)26(28)32)25(36)9-16(2)31(39)40/h10-12,15-16H,5-9,13-14H2,1-4H3,(H,37,38)(H,39,40). The molecule has 14 heteroatoms. The molecule has 0 spiro atoms. The van der Waals surface area contributed by atoms with E-state index in [4.69, 9.17) is 40.8 Å². The van der Waals surface area contributed by atoms with E-state index in [1.54, 1.807) is 17.0 Å². The Hall–Kier alpha value is -4.10. The first-order chi connectivity index (χ1) is 21.4. The molecule has 3 aromatic rings. The number of rotatable bonds is 15. The molecule has 45 heavy (non-hydrogen) atoms. The molecule has 4 rings (SSSR count). The first kappa shape index (κ1) is 33.8. The summed E-state index contributed by atoms with van der Waals surface area (Å²) in [6, 6.07) is 4.76. The third-order valence-electron chi connectivity index (χ3n) is 7.44. The highest BCUT2D eigenvalue weighted by Gasteiger charge is 2.31. The molecule has 2 atom stereocenters. The van der Waals surface area contributed by atoms with E-state index in [0.717, 1.165) is 16.9 Å². The van der Waals surface area contributed by atoms with Crippen molar-refractivity contribution in [2.24, 2.45) is 11.8 Å². The predicted molar refractivity (Wildman–Crippen MR) is 163 cm³/mol. The molecule has 2 aromatic carbocycles. The largest absolute Gasteiger partial charge is 0.493 e. The molecule has 0 bridgehead atoms. The van der Waals surface area contributed by atoms with Crippen molar-refractivity contribution in [3.63, 3.8) is 0 Å². The summed E-state index contributed by atoms with van der Waals surface area (Å²) in [5.41, 5.74) is 1.49. The van der Waals surface area contributed by atoms with Crippen LogP contribution in [0.4, 0.5) is 4.39 Å². The molecule has 11 nitrogen and oxygen atoms in total. The highest BCUT2D eigenvalue weighted by Crippen LogP contribution is 2.44. The molecule has 1 aromatic heterocycles. The van der Waals surface area contributed by atoms with Crippen LogP contribution in [-0.2, 0) is 27.5 Å². The second kappa shape index (κ2) is 14.3. The van der Waals surface area contributed by atoms with Gasteiger partial charge in [-0.2, -0.15) is 0 Å². The van der Waals surface area contributed by atoms with Crippen LogP contribution >= 0.6 is 22.9 Å². The van der Waals surface area contributed by atoms with E-state index in [2.05, 4.69) is 0 Å². The molecular weight excluding hydrogens is 633 g/mol. The van der Waals surface area contributed by atoms with Gasteiger partial charge in [-0.15, -0.1) is 11.3 Å². The summed E-state index contributed by atoms with van der Waals surface area (Å²) in [5, 5.41) is 18.7. The van der Waals surface area contributed by atoms with Crippen molar-refractivity contribution < 1.29 is 52.7 Å². The minimum atomic E-state index is -1.13. The number of aliphatic carboxylic acids is 2. The molecule has 1 aliphatic rings. The Balaban J connectivity index is 1.40. The Morgan fingerprint density at radius 3 is 2.22 bits per heavy atom. The number of thiophene rings is 1. The Kier molecular flexibility index (Phi) is 10.8.